The Hall–Kier alpha value is -2.47. The number of likely N-dealkylation sites (tertiary alicyclic amines) is 1. The Labute approximate surface area is 147 Å². The largest absolute Gasteiger partial charge is 0.377 e. The maximum atomic E-state index is 12.8. The maximum absolute atomic E-state index is 12.8. The minimum Gasteiger partial charge on any atom is -0.377 e. The first-order valence-electron chi connectivity index (χ1n) is 8.70. The predicted octanol–water partition coefficient (Wildman–Crippen LogP) is 1.93. The van der Waals surface area contributed by atoms with Crippen molar-refractivity contribution in [2.45, 2.75) is 32.4 Å². The molecule has 1 aliphatic heterocycles. The van der Waals surface area contributed by atoms with Crippen molar-refractivity contribution in [3.05, 3.63) is 64.1 Å². The van der Waals surface area contributed by atoms with Crippen LogP contribution < -0.4 is 5.56 Å². The number of carbonyl (C=O) groups excluding carboxylic acids is 1. The summed E-state index contributed by atoms with van der Waals surface area (Å²) in [4.78, 5) is 26.6. The molecule has 1 aromatic carbocycles. The lowest BCUT2D eigenvalue weighted by molar-refractivity contribution is 0.00694. The van der Waals surface area contributed by atoms with Crippen molar-refractivity contribution < 1.29 is 9.53 Å². The Balaban J connectivity index is 1.77. The molecule has 0 saturated carbocycles. The van der Waals surface area contributed by atoms with Gasteiger partial charge in [0.2, 0.25) is 0 Å². The minimum atomic E-state index is -0.216. The summed E-state index contributed by atoms with van der Waals surface area (Å²) < 4.78 is 6.99. The van der Waals surface area contributed by atoms with Crippen LogP contribution in [0.3, 0.4) is 0 Å². The number of piperidine rings is 1. The summed E-state index contributed by atoms with van der Waals surface area (Å²) in [6.07, 6.45) is 1.97. The van der Waals surface area contributed by atoms with E-state index in [0.29, 0.717) is 31.9 Å². The third kappa shape index (κ3) is 4.33. The van der Waals surface area contributed by atoms with Gasteiger partial charge in [-0.05, 0) is 31.4 Å². The molecule has 3 rings (SSSR count). The molecule has 0 radical (unpaired) electrons. The molecule has 2 aromatic rings. The number of hydrogen-bond donors (Lipinski definition) is 0. The van der Waals surface area contributed by atoms with E-state index in [-0.39, 0.29) is 17.6 Å². The van der Waals surface area contributed by atoms with E-state index in [1.807, 2.05) is 37.3 Å². The number of amides is 1. The zero-order valence-corrected chi connectivity index (χ0v) is 14.4. The highest BCUT2D eigenvalue weighted by Crippen LogP contribution is 2.15. The van der Waals surface area contributed by atoms with Crippen LogP contribution in [0.4, 0.5) is 0 Å². The molecule has 1 atom stereocenters. The Morgan fingerprint density at radius 3 is 2.80 bits per heavy atom. The average Bonchev–Trinajstić information content (AvgIpc) is 2.64. The fourth-order valence-corrected chi connectivity index (χ4v) is 3.09. The van der Waals surface area contributed by atoms with E-state index in [9.17, 15) is 9.59 Å². The van der Waals surface area contributed by atoms with Crippen molar-refractivity contribution in [2.24, 2.45) is 0 Å². The van der Waals surface area contributed by atoms with Crippen LogP contribution in [0.2, 0.25) is 0 Å². The summed E-state index contributed by atoms with van der Waals surface area (Å²) in [6, 6.07) is 12.5. The lowest BCUT2D eigenvalue weighted by atomic mass is 10.1. The number of aromatic nitrogens is 2. The van der Waals surface area contributed by atoms with Gasteiger partial charge in [0.1, 0.15) is 5.69 Å². The minimum absolute atomic E-state index is 0.0814. The zero-order chi connectivity index (χ0) is 17.6. The average molecular weight is 341 g/mol. The molecular formula is C19H23N3O3. The maximum Gasteiger partial charge on any atom is 0.274 e. The number of hydrogen-bond acceptors (Lipinski definition) is 4. The van der Waals surface area contributed by atoms with E-state index >= 15 is 0 Å². The van der Waals surface area contributed by atoms with Gasteiger partial charge in [0.25, 0.3) is 11.5 Å². The summed E-state index contributed by atoms with van der Waals surface area (Å²) in [5, 5.41) is 4.29. The Kier molecular flexibility index (Phi) is 5.60. The second-order valence-corrected chi connectivity index (χ2v) is 6.17. The smallest absolute Gasteiger partial charge is 0.274 e. The van der Waals surface area contributed by atoms with Gasteiger partial charge in [-0.1, -0.05) is 30.3 Å². The molecule has 25 heavy (non-hydrogen) atoms. The van der Waals surface area contributed by atoms with Crippen LogP contribution in [0.1, 0.15) is 35.8 Å². The van der Waals surface area contributed by atoms with Gasteiger partial charge in [0.15, 0.2) is 0 Å². The lowest BCUT2D eigenvalue weighted by Crippen LogP contribution is -2.44. The third-order valence-electron chi connectivity index (χ3n) is 4.33. The van der Waals surface area contributed by atoms with Gasteiger partial charge in [-0.2, -0.15) is 5.10 Å². The van der Waals surface area contributed by atoms with Crippen molar-refractivity contribution in [3.8, 4) is 0 Å². The fraction of sp³-hybridized carbons (Fsp3) is 0.421. The number of nitrogens with zero attached hydrogens (tertiary/aromatic N) is 3. The lowest BCUT2D eigenvalue weighted by Gasteiger charge is -2.32. The van der Waals surface area contributed by atoms with Crippen LogP contribution in [0.5, 0.6) is 0 Å². The molecule has 1 aromatic heterocycles. The summed E-state index contributed by atoms with van der Waals surface area (Å²) in [7, 11) is 0. The Bertz CT molecular complexity index is 771. The van der Waals surface area contributed by atoms with Crippen molar-refractivity contribution in [1.82, 2.24) is 14.7 Å². The Morgan fingerprint density at radius 1 is 1.24 bits per heavy atom. The molecule has 1 amide bonds. The van der Waals surface area contributed by atoms with E-state index in [2.05, 4.69) is 5.10 Å². The highest BCUT2D eigenvalue weighted by Gasteiger charge is 2.25. The molecule has 1 fully saturated rings. The van der Waals surface area contributed by atoms with E-state index < -0.39 is 0 Å². The van der Waals surface area contributed by atoms with Gasteiger partial charge < -0.3 is 9.64 Å². The summed E-state index contributed by atoms with van der Waals surface area (Å²) in [5.74, 6) is -0.147. The van der Waals surface area contributed by atoms with Crippen molar-refractivity contribution >= 4 is 5.91 Å². The van der Waals surface area contributed by atoms with Gasteiger partial charge in [-0.3, -0.25) is 9.59 Å². The second kappa shape index (κ2) is 8.07. The fourth-order valence-electron chi connectivity index (χ4n) is 3.09. The van der Waals surface area contributed by atoms with Gasteiger partial charge in [-0.25, -0.2) is 4.68 Å². The van der Waals surface area contributed by atoms with Gasteiger partial charge in [0, 0.05) is 25.8 Å². The van der Waals surface area contributed by atoms with Crippen LogP contribution in [0.25, 0.3) is 0 Å². The molecule has 0 unspecified atom stereocenters. The Morgan fingerprint density at radius 2 is 2.04 bits per heavy atom. The van der Waals surface area contributed by atoms with Crippen molar-refractivity contribution in [3.63, 3.8) is 0 Å². The normalized spacial score (nSPS) is 17.5. The number of benzene rings is 1. The van der Waals surface area contributed by atoms with E-state index in [4.69, 9.17) is 4.74 Å². The zero-order valence-electron chi connectivity index (χ0n) is 14.4. The molecule has 1 saturated heterocycles. The van der Waals surface area contributed by atoms with Crippen LogP contribution in [-0.2, 0) is 11.3 Å². The summed E-state index contributed by atoms with van der Waals surface area (Å²) >= 11 is 0. The van der Waals surface area contributed by atoms with Crippen LogP contribution in [0.15, 0.2) is 47.3 Å². The van der Waals surface area contributed by atoms with Crippen molar-refractivity contribution in [2.75, 3.05) is 19.7 Å². The molecule has 0 aliphatic carbocycles. The monoisotopic (exact) mass is 341 g/mol. The van der Waals surface area contributed by atoms with Crippen molar-refractivity contribution in [1.29, 1.82) is 0 Å². The highest BCUT2D eigenvalue weighted by atomic mass is 16.5. The summed E-state index contributed by atoms with van der Waals surface area (Å²) in [6.45, 7) is 4.23. The number of rotatable bonds is 5. The first-order valence-corrected chi connectivity index (χ1v) is 8.70. The number of carbonyl (C=O) groups is 1. The molecule has 6 nitrogen and oxygen atoms in total. The van der Waals surface area contributed by atoms with Crippen LogP contribution in [-0.4, -0.2) is 46.4 Å². The molecule has 1 aliphatic rings. The predicted molar refractivity (Wildman–Crippen MR) is 94.6 cm³/mol. The second-order valence-electron chi connectivity index (χ2n) is 6.17. The standard InChI is InChI=1S/C19H23N3O3/c1-2-25-16-9-6-12-21(14-16)19(24)17-10-11-18(23)22(20-17)13-15-7-4-3-5-8-15/h3-5,7-8,10-11,16H,2,6,9,12-14H2,1H3/t16-/m1/s1. The SMILES string of the molecule is CCO[C@@H]1CCCN(C(=O)c2ccc(=O)n(Cc3ccccc3)n2)C1. The molecule has 2 heterocycles. The molecule has 132 valence electrons. The molecular weight excluding hydrogens is 318 g/mol. The van der Waals surface area contributed by atoms with Crippen LogP contribution in [0, 0.1) is 0 Å². The third-order valence-corrected chi connectivity index (χ3v) is 4.33. The first kappa shape index (κ1) is 17.4. The van der Waals surface area contributed by atoms with Gasteiger partial charge >= 0.3 is 0 Å². The molecule has 6 heteroatoms. The molecule has 0 N–H and O–H groups in total. The molecule has 0 bridgehead atoms. The van der Waals surface area contributed by atoms with Gasteiger partial charge in [0.05, 0.1) is 12.6 Å². The highest BCUT2D eigenvalue weighted by molar-refractivity contribution is 5.92. The number of ether oxygens (including phenoxy) is 1. The first-order chi connectivity index (χ1) is 12.2. The topological polar surface area (TPSA) is 64.4 Å². The van der Waals surface area contributed by atoms with Crippen LogP contribution >= 0.6 is 0 Å². The summed E-state index contributed by atoms with van der Waals surface area (Å²) in [5.41, 5.74) is 1.05. The van der Waals surface area contributed by atoms with E-state index in [1.165, 1.54) is 16.8 Å². The van der Waals surface area contributed by atoms with Gasteiger partial charge in [-0.15, -0.1) is 0 Å². The molecule has 0 spiro atoms. The van der Waals surface area contributed by atoms with E-state index in [0.717, 1.165) is 18.4 Å². The quantitative estimate of drug-likeness (QED) is 0.834. The van der Waals surface area contributed by atoms with E-state index in [1.54, 1.807) is 4.90 Å².